The van der Waals surface area contributed by atoms with Crippen molar-refractivity contribution >= 4 is 5.91 Å². The van der Waals surface area contributed by atoms with Crippen molar-refractivity contribution in [3.63, 3.8) is 0 Å². The molecule has 4 heteroatoms. The highest BCUT2D eigenvalue weighted by atomic mass is 16.5. The highest BCUT2D eigenvalue weighted by Gasteiger charge is 2.38. The third-order valence-electron chi connectivity index (χ3n) is 3.51. The molecule has 0 bridgehead atoms. The number of hydrogen-bond donors (Lipinski definition) is 1. The maximum absolute atomic E-state index is 11.7. The molecule has 1 heterocycles. The molecular weight excluding hydrogens is 240 g/mol. The maximum atomic E-state index is 11.7. The van der Waals surface area contributed by atoms with Crippen molar-refractivity contribution in [1.82, 2.24) is 10.5 Å². The molecule has 19 heavy (non-hydrogen) atoms. The van der Waals surface area contributed by atoms with Crippen LogP contribution in [0.4, 0.5) is 0 Å². The number of benzene rings is 1. The molecule has 0 saturated heterocycles. The molecule has 1 aliphatic rings. The molecule has 1 amide bonds. The van der Waals surface area contributed by atoms with E-state index in [2.05, 4.69) is 17.4 Å². The predicted molar refractivity (Wildman–Crippen MR) is 71.1 cm³/mol. The van der Waals surface area contributed by atoms with Crippen molar-refractivity contribution in [2.45, 2.75) is 19.9 Å². The lowest BCUT2D eigenvalue weighted by molar-refractivity contribution is -0.122. The van der Waals surface area contributed by atoms with Gasteiger partial charge >= 0.3 is 0 Å². The Balaban J connectivity index is 1.61. The third kappa shape index (κ3) is 2.67. The standard InChI is InChI=1S/C15H16N2O2/c1-10-7-13(10)15(18)16-9-12-8-14(19-17-12)11-5-3-2-4-6-11/h2-6,8,10,13H,7,9H2,1H3,(H,16,18)/t10-,13+/m0/s1. The van der Waals surface area contributed by atoms with Gasteiger partial charge in [0.05, 0.1) is 6.54 Å². The van der Waals surface area contributed by atoms with E-state index >= 15 is 0 Å². The van der Waals surface area contributed by atoms with Gasteiger partial charge in [-0.05, 0) is 12.3 Å². The van der Waals surface area contributed by atoms with Gasteiger partial charge in [0.2, 0.25) is 5.91 Å². The first kappa shape index (κ1) is 12.0. The largest absolute Gasteiger partial charge is 0.356 e. The number of hydrogen-bond acceptors (Lipinski definition) is 3. The lowest BCUT2D eigenvalue weighted by Crippen LogP contribution is -2.24. The van der Waals surface area contributed by atoms with Crippen LogP contribution in [0.15, 0.2) is 40.9 Å². The van der Waals surface area contributed by atoms with Crippen molar-refractivity contribution in [2.24, 2.45) is 11.8 Å². The van der Waals surface area contributed by atoms with Gasteiger partial charge in [0.25, 0.3) is 0 Å². The topological polar surface area (TPSA) is 55.1 Å². The summed E-state index contributed by atoms with van der Waals surface area (Å²) in [5, 5.41) is 6.87. The molecule has 1 saturated carbocycles. The first-order chi connectivity index (χ1) is 9.24. The summed E-state index contributed by atoms with van der Waals surface area (Å²) < 4.78 is 5.28. The fourth-order valence-electron chi connectivity index (χ4n) is 2.13. The second kappa shape index (κ2) is 4.88. The second-order valence-electron chi connectivity index (χ2n) is 5.09. The van der Waals surface area contributed by atoms with Crippen LogP contribution in [0.1, 0.15) is 19.0 Å². The zero-order chi connectivity index (χ0) is 13.2. The van der Waals surface area contributed by atoms with E-state index < -0.39 is 0 Å². The average Bonchev–Trinajstić information content (AvgIpc) is 3.00. The molecule has 1 fully saturated rings. The van der Waals surface area contributed by atoms with Gasteiger partial charge in [-0.1, -0.05) is 42.4 Å². The molecule has 0 spiro atoms. The smallest absolute Gasteiger partial charge is 0.223 e. The fourth-order valence-corrected chi connectivity index (χ4v) is 2.13. The Morgan fingerprint density at radius 1 is 1.42 bits per heavy atom. The van der Waals surface area contributed by atoms with Crippen molar-refractivity contribution in [3.8, 4) is 11.3 Å². The minimum atomic E-state index is 0.122. The molecule has 3 rings (SSSR count). The van der Waals surface area contributed by atoms with Gasteiger partial charge in [0.15, 0.2) is 5.76 Å². The summed E-state index contributed by atoms with van der Waals surface area (Å²) >= 11 is 0. The molecule has 2 aromatic rings. The van der Waals surface area contributed by atoms with Crippen molar-refractivity contribution in [1.29, 1.82) is 0 Å². The number of nitrogens with one attached hydrogen (secondary N) is 1. The van der Waals surface area contributed by atoms with Gasteiger partial charge in [-0.2, -0.15) is 0 Å². The molecular formula is C15H16N2O2. The second-order valence-corrected chi connectivity index (χ2v) is 5.09. The van der Waals surface area contributed by atoms with E-state index in [0.717, 1.165) is 23.4 Å². The van der Waals surface area contributed by atoms with Crippen LogP contribution in [-0.2, 0) is 11.3 Å². The summed E-state index contributed by atoms with van der Waals surface area (Å²) in [5.41, 5.74) is 1.74. The van der Waals surface area contributed by atoms with E-state index in [4.69, 9.17) is 4.52 Å². The average molecular weight is 256 g/mol. The Morgan fingerprint density at radius 3 is 2.84 bits per heavy atom. The van der Waals surface area contributed by atoms with E-state index in [1.54, 1.807) is 0 Å². The minimum absolute atomic E-state index is 0.122. The van der Waals surface area contributed by atoms with Crippen LogP contribution in [0.25, 0.3) is 11.3 Å². The third-order valence-corrected chi connectivity index (χ3v) is 3.51. The Labute approximate surface area is 111 Å². The van der Waals surface area contributed by atoms with Crippen molar-refractivity contribution < 1.29 is 9.32 Å². The van der Waals surface area contributed by atoms with Crippen LogP contribution in [0.3, 0.4) is 0 Å². The molecule has 98 valence electrons. The summed E-state index contributed by atoms with van der Waals surface area (Å²) in [4.78, 5) is 11.7. The number of aromatic nitrogens is 1. The van der Waals surface area contributed by atoms with Gasteiger partial charge in [-0.25, -0.2) is 0 Å². The number of nitrogens with zero attached hydrogens (tertiary/aromatic N) is 1. The van der Waals surface area contributed by atoms with Crippen LogP contribution in [-0.4, -0.2) is 11.1 Å². The zero-order valence-electron chi connectivity index (χ0n) is 10.8. The quantitative estimate of drug-likeness (QED) is 0.914. The number of carbonyl (C=O) groups is 1. The normalized spacial score (nSPS) is 21.1. The van der Waals surface area contributed by atoms with Gasteiger partial charge in [-0.15, -0.1) is 0 Å². The molecule has 1 aromatic carbocycles. The predicted octanol–water partition coefficient (Wildman–Crippen LogP) is 2.61. The van der Waals surface area contributed by atoms with Gasteiger partial charge in [-0.3, -0.25) is 4.79 Å². The summed E-state index contributed by atoms with van der Waals surface area (Å²) in [6.07, 6.45) is 1.000. The summed E-state index contributed by atoms with van der Waals surface area (Å²) in [5.74, 6) is 1.57. The first-order valence-corrected chi connectivity index (χ1v) is 6.53. The summed E-state index contributed by atoms with van der Waals surface area (Å²) in [6, 6.07) is 11.7. The molecule has 1 aliphatic carbocycles. The van der Waals surface area contributed by atoms with Crippen LogP contribution >= 0.6 is 0 Å². The lowest BCUT2D eigenvalue weighted by Gasteiger charge is -2.00. The van der Waals surface area contributed by atoms with E-state index in [0.29, 0.717) is 12.5 Å². The molecule has 2 atom stereocenters. The Morgan fingerprint density at radius 2 is 2.16 bits per heavy atom. The minimum Gasteiger partial charge on any atom is -0.356 e. The molecule has 0 radical (unpaired) electrons. The number of amides is 1. The zero-order valence-corrected chi connectivity index (χ0v) is 10.8. The highest BCUT2D eigenvalue weighted by Crippen LogP contribution is 2.37. The molecule has 0 aliphatic heterocycles. The Bertz CT molecular complexity index is 577. The maximum Gasteiger partial charge on any atom is 0.223 e. The molecule has 4 nitrogen and oxygen atoms in total. The monoisotopic (exact) mass is 256 g/mol. The number of carbonyl (C=O) groups excluding carboxylic acids is 1. The van der Waals surface area contributed by atoms with Crippen LogP contribution < -0.4 is 5.32 Å². The van der Waals surface area contributed by atoms with E-state index in [1.165, 1.54) is 0 Å². The van der Waals surface area contributed by atoms with Crippen LogP contribution in [0, 0.1) is 11.8 Å². The van der Waals surface area contributed by atoms with Gasteiger partial charge in [0, 0.05) is 17.5 Å². The van der Waals surface area contributed by atoms with E-state index in [-0.39, 0.29) is 11.8 Å². The first-order valence-electron chi connectivity index (χ1n) is 6.53. The van der Waals surface area contributed by atoms with E-state index in [1.807, 2.05) is 36.4 Å². The van der Waals surface area contributed by atoms with Crippen LogP contribution in [0.2, 0.25) is 0 Å². The van der Waals surface area contributed by atoms with E-state index in [9.17, 15) is 4.79 Å². The van der Waals surface area contributed by atoms with Gasteiger partial charge < -0.3 is 9.84 Å². The van der Waals surface area contributed by atoms with Crippen LogP contribution in [0.5, 0.6) is 0 Å². The highest BCUT2D eigenvalue weighted by molar-refractivity contribution is 5.81. The summed E-state index contributed by atoms with van der Waals surface area (Å²) in [7, 11) is 0. The van der Waals surface area contributed by atoms with Crippen molar-refractivity contribution in [2.75, 3.05) is 0 Å². The Hall–Kier alpha value is -2.10. The fraction of sp³-hybridized carbons (Fsp3) is 0.333. The van der Waals surface area contributed by atoms with Crippen molar-refractivity contribution in [3.05, 3.63) is 42.1 Å². The Kier molecular flexibility index (Phi) is 3.07. The lowest BCUT2D eigenvalue weighted by atomic mass is 10.1. The summed E-state index contributed by atoms with van der Waals surface area (Å²) in [6.45, 7) is 2.52. The molecule has 0 unspecified atom stereocenters. The van der Waals surface area contributed by atoms with Gasteiger partial charge in [0.1, 0.15) is 5.69 Å². The molecule has 1 aromatic heterocycles. The SMILES string of the molecule is C[C@H]1C[C@H]1C(=O)NCc1cc(-c2ccccc2)on1. The molecule has 1 N–H and O–H groups in total. The number of rotatable bonds is 4.